The highest BCUT2D eigenvalue weighted by Gasteiger charge is 2.40. The lowest BCUT2D eigenvalue weighted by molar-refractivity contribution is 0.0944. The molecule has 2 fully saturated rings. The molecule has 1 aromatic carbocycles. The minimum Gasteiger partial charge on any atom is -0.326 e. The summed E-state index contributed by atoms with van der Waals surface area (Å²) in [5.41, 5.74) is 7.51. The number of benzene rings is 1. The number of rotatable bonds is 4. The third kappa shape index (κ3) is 2.22. The molecule has 2 N–H and O–H groups in total. The lowest BCUT2D eigenvalue weighted by Crippen LogP contribution is -2.15. The Balaban J connectivity index is 1.64. The Morgan fingerprint density at radius 2 is 1.94 bits per heavy atom. The second kappa shape index (κ2) is 4.85. The van der Waals surface area contributed by atoms with Gasteiger partial charge >= 0.3 is 0 Å². The molecule has 3 rings (SSSR count). The van der Waals surface area contributed by atoms with E-state index in [4.69, 9.17) is 5.73 Å². The summed E-state index contributed by atoms with van der Waals surface area (Å²) in [7, 11) is 0. The second-order valence-corrected chi connectivity index (χ2v) is 5.96. The van der Waals surface area contributed by atoms with E-state index in [1.807, 2.05) is 24.3 Å². The van der Waals surface area contributed by atoms with E-state index in [9.17, 15) is 4.79 Å². The van der Waals surface area contributed by atoms with E-state index in [1.165, 1.54) is 25.7 Å². The normalized spacial score (nSPS) is 29.7. The van der Waals surface area contributed by atoms with E-state index in [-0.39, 0.29) is 0 Å². The van der Waals surface area contributed by atoms with E-state index < -0.39 is 0 Å². The predicted octanol–water partition coefficient (Wildman–Crippen LogP) is 3.15. The van der Waals surface area contributed by atoms with Crippen LogP contribution >= 0.6 is 0 Å². The summed E-state index contributed by atoms with van der Waals surface area (Å²) >= 11 is 0. The highest BCUT2D eigenvalue weighted by Crippen LogP contribution is 2.49. The van der Waals surface area contributed by atoms with E-state index in [0.29, 0.717) is 18.2 Å². The summed E-state index contributed by atoms with van der Waals surface area (Å²) < 4.78 is 0. The topological polar surface area (TPSA) is 43.1 Å². The molecule has 3 unspecified atom stereocenters. The van der Waals surface area contributed by atoms with Crippen molar-refractivity contribution in [3.63, 3.8) is 0 Å². The van der Waals surface area contributed by atoms with Crippen molar-refractivity contribution in [3.8, 4) is 0 Å². The van der Waals surface area contributed by atoms with Gasteiger partial charge in [-0.15, -0.1) is 0 Å². The molecule has 96 valence electrons. The van der Waals surface area contributed by atoms with Crippen LogP contribution in [0.25, 0.3) is 0 Å². The summed E-state index contributed by atoms with van der Waals surface area (Å²) in [5.74, 6) is 2.73. The van der Waals surface area contributed by atoms with Crippen LogP contribution < -0.4 is 5.73 Å². The van der Waals surface area contributed by atoms with E-state index in [2.05, 4.69) is 0 Å². The van der Waals surface area contributed by atoms with Gasteiger partial charge in [0.25, 0.3) is 0 Å². The molecule has 1 aromatic rings. The smallest absolute Gasteiger partial charge is 0.163 e. The first-order chi connectivity index (χ1) is 8.76. The van der Waals surface area contributed by atoms with Crippen molar-refractivity contribution in [1.82, 2.24) is 0 Å². The van der Waals surface area contributed by atoms with E-state index >= 15 is 0 Å². The maximum atomic E-state index is 12.2. The first-order valence-electron chi connectivity index (χ1n) is 7.08. The molecule has 0 aliphatic heterocycles. The Morgan fingerprint density at radius 3 is 2.50 bits per heavy atom. The summed E-state index contributed by atoms with van der Waals surface area (Å²) in [4.78, 5) is 12.2. The van der Waals surface area contributed by atoms with Crippen molar-refractivity contribution in [2.75, 3.05) is 0 Å². The molecule has 0 heterocycles. The summed E-state index contributed by atoms with van der Waals surface area (Å²) in [6.45, 7) is 0.543. The van der Waals surface area contributed by atoms with Crippen LogP contribution in [0.3, 0.4) is 0 Å². The number of hydrogen-bond donors (Lipinski definition) is 1. The maximum Gasteiger partial charge on any atom is 0.163 e. The van der Waals surface area contributed by atoms with Gasteiger partial charge in [-0.1, -0.05) is 30.7 Å². The van der Waals surface area contributed by atoms with Crippen LogP contribution in [0.15, 0.2) is 24.3 Å². The largest absolute Gasteiger partial charge is 0.326 e. The van der Waals surface area contributed by atoms with Crippen LogP contribution in [-0.4, -0.2) is 5.78 Å². The first kappa shape index (κ1) is 11.9. The third-order valence-corrected chi connectivity index (χ3v) is 4.84. The number of nitrogens with two attached hydrogens (primary N) is 1. The fourth-order valence-electron chi connectivity index (χ4n) is 3.81. The van der Waals surface area contributed by atoms with E-state index in [0.717, 1.165) is 29.4 Å². The average molecular weight is 243 g/mol. The molecule has 2 saturated carbocycles. The van der Waals surface area contributed by atoms with Crippen LogP contribution in [-0.2, 0) is 6.54 Å². The number of hydrogen-bond acceptors (Lipinski definition) is 2. The van der Waals surface area contributed by atoms with Gasteiger partial charge in [0.2, 0.25) is 0 Å². The van der Waals surface area contributed by atoms with Crippen molar-refractivity contribution in [1.29, 1.82) is 0 Å². The standard InChI is InChI=1S/C16H21NO/c17-10-11-1-4-13(5-2-11)16(18)9-15-8-12-3-6-14(15)7-12/h1-2,4-5,12,14-15H,3,6-10,17H2. The number of ketones is 1. The molecule has 18 heavy (non-hydrogen) atoms. The van der Waals surface area contributed by atoms with Crippen molar-refractivity contribution in [3.05, 3.63) is 35.4 Å². The third-order valence-electron chi connectivity index (χ3n) is 4.84. The highest BCUT2D eigenvalue weighted by molar-refractivity contribution is 5.96. The molecular formula is C16H21NO. The van der Waals surface area contributed by atoms with Gasteiger partial charge in [-0.05, 0) is 42.6 Å². The van der Waals surface area contributed by atoms with Gasteiger partial charge in [-0.25, -0.2) is 0 Å². The molecule has 2 aliphatic carbocycles. The number of fused-ring (bicyclic) bond motifs is 2. The van der Waals surface area contributed by atoms with Gasteiger partial charge in [0.05, 0.1) is 0 Å². The van der Waals surface area contributed by atoms with Crippen LogP contribution in [0.4, 0.5) is 0 Å². The lowest BCUT2D eigenvalue weighted by atomic mass is 9.84. The molecule has 0 amide bonds. The Kier molecular flexibility index (Phi) is 3.21. The first-order valence-corrected chi connectivity index (χ1v) is 7.08. The molecule has 0 saturated heterocycles. The van der Waals surface area contributed by atoms with Gasteiger partial charge in [-0.3, -0.25) is 4.79 Å². The second-order valence-electron chi connectivity index (χ2n) is 5.96. The lowest BCUT2D eigenvalue weighted by Gasteiger charge is -2.20. The Bertz CT molecular complexity index is 437. The number of Topliss-reactive ketones (excluding diaryl/α,β-unsaturated/α-hetero) is 1. The number of carbonyl (C=O) groups is 1. The summed E-state index contributed by atoms with van der Waals surface area (Å²) in [5, 5.41) is 0. The minimum atomic E-state index is 0.316. The molecular weight excluding hydrogens is 222 g/mol. The fourth-order valence-corrected chi connectivity index (χ4v) is 3.81. The SMILES string of the molecule is NCc1ccc(C(=O)CC2CC3CCC2C3)cc1. The Hall–Kier alpha value is -1.15. The Morgan fingerprint density at radius 1 is 1.17 bits per heavy atom. The maximum absolute atomic E-state index is 12.2. The van der Waals surface area contributed by atoms with Gasteiger partial charge in [0, 0.05) is 18.5 Å². The van der Waals surface area contributed by atoms with Gasteiger partial charge in [-0.2, -0.15) is 0 Å². The quantitative estimate of drug-likeness (QED) is 0.825. The zero-order chi connectivity index (χ0) is 12.5. The number of carbonyl (C=O) groups excluding carboxylic acids is 1. The van der Waals surface area contributed by atoms with Crippen LogP contribution in [0, 0.1) is 17.8 Å². The zero-order valence-corrected chi connectivity index (χ0v) is 10.8. The van der Waals surface area contributed by atoms with Gasteiger partial charge in [0.15, 0.2) is 5.78 Å². The predicted molar refractivity (Wildman–Crippen MR) is 72.2 cm³/mol. The highest BCUT2D eigenvalue weighted by atomic mass is 16.1. The summed E-state index contributed by atoms with van der Waals surface area (Å²) in [6, 6.07) is 7.79. The molecule has 2 aliphatic rings. The molecule has 0 aromatic heterocycles. The van der Waals surface area contributed by atoms with Gasteiger partial charge < -0.3 is 5.73 Å². The molecule has 0 radical (unpaired) electrons. The Labute approximate surface area is 109 Å². The molecule has 2 nitrogen and oxygen atoms in total. The molecule has 3 atom stereocenters. The van der Waals surface area contributed by atoms with Crippen molar-refractivity contribution < 1.29 is 4.79 Å². The van der Waals surface area contributed by atoms with Crippen molar-refractivity contribution in [2.24, 2.45) is 23.5 Å². The van der Waals surface area contributed by atoms with Crippen molar-refractivity contribution in [2.45, 2.75) is 38.6 Å². The van der Waals surface area contributed by atoms with E-state index in [1.54, 1.807) is 0 Å². The van der Waals surface area contributed by atoms with Gasteiger partial charge in [0.1, 0.15) is 0 Å². The molecule has 2 heteroatoms. The van der Waals surface area contributed by atoms with Crippen LogP contribution in [0.5, 0.6) is 0 Å². The minimum absolute atomic E-state index is 0.316. The van der Waals surface area contributed by atoms with Crippen LogP contribution in [0.1, 0.15) is 48.0 Å². The van der Waals surface area contributed by atoms with Crippen LogP contribution in [0.2, 0.25) is 0 Å². The van der Waals surface area contributed by atoms with Crippen molar-refractivity contribution >= 4 is 5.78 Å². The molecule has 0 spiro atoms. The summed E-state index contributed by atoms with van der Waals surface area (Å²) in [6.07, 6.45) is 6.18. The molecule has 2 bridgehead atoms. The monoisotopic (exact) mass is 243 g/mol. The zero-order valence-electron chi connectivity index (χ0n) is 10.8. The average Bonchev–Trinajstić information content (AvgIpc) is 3.01. The fraction of sp³-hybridized carbons (Fsp3) is 0.562.